The highest BCUT2D eigenvalue weighted by Gasteiger charge is 2.36. The molecule has 3 aliphatic rings. The number of halogens is 3. The van der Waals surface area contributed by atoms with Gasteiger partial charge in [-0.05, 0) is 60.7 Å². The lowest BCUT2D eigenvalue weighted by Crippen LogP contribution is -2.33. The number of aliphatic carboxylic acids is 1. The van der Waals surface area contributed by atoms with Crippen LogP contribution in [-0.2, 0) is 17.6 Å². The molecule has 0 unspecified atom stereocenters. The largest absolute Gasteiger partial charge is 0.490 e. The van der Waals surface area contributed by atoms with Gasteiger partial charge in [0.25, 0.3) is 0 Å². The van der Waals surface area contributed by atoms with E-state index in [1.54, 1.807) is 24.3 Å². The molecule has 0 aromatic heterocycles. The lowest BCUT2D eigenvalue weighted by atomic mass is 10.0. The lowest BCUT2D eigenvalue weighted by molar-refractivity contribution is -0.139. The summed E-state index contributed by atoms with van der Waals surface area (Å²) < 4.78 is 57.6. The first-order valence-electron chi connectivity index (χ1n) is 12.8. The first-order valence-corrected chi connectivity index (χ1v) is 12.8. The maximum atomic E-state index is 13.5. The van der Waals surface area contributed by atoms with Crippen LogP contribution in [0.1, 0.15) is 49.8 Å². The highest BCUT2D eigenvalue weighted by molar-refractivity contribution is 5.86. The van der Waals surface area contributed by atoms with Crippen molar-refractivity contribution in [1.29, 1.82) is 0 Å². The maximum absolute atomic E-state index is 13.5. The van der Waals surface area contributed by atoms with Crippen molar-refractivity contribution in [3.8, 4) is 17.2 Å². The molecular formula is C29H32F3NO5. The molecule has 0 atom stereocenters. The minimum absolute atomic E-state index is 0.0204. The van der Waals surface area contributed by atoms with Gasteiger partial charge < -0.3 is 19.3 Å². The zero-order chi connectivity index (χ0) is 27.3. The van der Waals surface area contributed by atoms with E-state index in [2.05, 4.69) is 4.90 Å². The number of ether oxygens (including phenoxy) is 3. The standard InChI is InChI=1S/C27H26F3NO5.C2H6/c28-27(29,30)23-12-17(1-6-24(23)36-21-4-5-21)15-34-22-3-2-20-11-18(16-35-25(20)13-22)14-31-9-7-19(8-10-31)26(32)33;1-2/h1-3,6-7,11-13,21H,4-5,8-10,14-16H2,(H,32,33);1-2H3. The molecule has 38 heavy (non-hydrogen) atoms. The minimum atomic E-state index is -4.51. The SMILES string of the molecule is CC.O=C(O)C1=CCN(CC2=Cc3ccc(OCc4ccc(OC5CC5)c(C(F)(F)F)c4)cc3OC2)CC1. The molecule has 2 aromatic rings. The highest BCUT2D eigenvalue weighted by atomic mass is 19.4. The van der Waals surface area contributed by atoms with Crippen molar-refractivity contribution in [2.75, 3.05) is 26.2 Å². The van der Waals surface area contributed by atoms with Gasteiger partial charge in [-0.3, -0.25) is 4.90 Å². The lowest BCUT2D eigenvalue weighted by Gasteiger charge is -2.27. The van der Waals surface area contributed by atoms with E-state index in [1.807, 2.05) is 26.0 Å². The maximum Gasteiger partial charge on any atom is 0.419 e. The number of nitrogens with zero attached hydrogens (tertiary/aromatic N) is 1. The zero-order valence-corrected chi connectivity index (χ0v) is 21.5. The van der Waals surface area contributed by atoms with Crippen molar-refractivity contribution in [1.82, 2.24) is 4.90 Å². The molecular weight excluding hydrogens is 499 g/mol. The van der Waals surface area contributed by atoms with Crippen molar-refractivity contribution < 1.29 is 37.3 Å². The quantitative estimate of drug-likeness (QED) is 0.429. The van der Waals surface area contributed by atoms with Gasteiger partial charge in [0, 0.05) is 36.8 Å². The first kappa shape index (κ1) is 27.6. The van der Waals surface area contributed by atoms with Crippen LogP contribution in [0.3, 0.4) is 0 Å². The van der Waals surface area contributed by atoms with Gasteiger partial charge in [-0.1, -0.05) is 26.0 Å². The third kappa shape index (κ3) is 7.10. The molecule has 1 N–H and O–H groups in total. The number of benzene rings is 2. The number of hydrogen-bond donors (Lipinski definition) is 1. The Morgan fingerprint density at radius 1 is 1.16 bits per heavy atom. The smallest absolute Gasteiger partial charge is 0.419 e. The summed E-state index contributed by atoms with van der Waals surface area (Å²) in [7, 11) is 0. The van der Waals surface area contributed by atoms with E-state index in [-0.39, 0.29) is 18.5 Å². The average molecular weight is 532 g/mol. The molecule has 0 amide bonds. The molecule has 0 spiro atoms. The topological polar surface area (TPSA) is 68.2 Å². The van der Waals surface area contributed by atoms with E-state index in [0.717, 1.165) is 30.0 Å². The fourth-order valence-corrected chi connectivity index (χ4v) is 4.23. The predicted octanol–water partition coefficient (Wildman–Crippen LogP) is 6.34. The summed E-state index contributed by atoms with van der Waals surface area (Å²) in [6.45, 7) is 6.33. The van der Waals surface area contributed by atoms with Crippen LogP contribution < -0.4 is 14.2 Å². The second-order valence-corrected chi connectivity index (χ2v) is 9.24. The Morgan fingerprint density at radius 2 is 1.95 bits per heavy atom. The minimum Gasteiger partial charge on any atom is -0.490 e. The molecule has 0 bridgehead atoms. The van der Waals surface area contributed by atoms with E-state index in [0.29, 0.717) is 55.3 Å². The van der Waals surface area contributed by atoms with Crippen molar-refractivity contribution in [3.05, 3.63) is 70.3 Å². The monoisotopic (exact) mass is 531 g/mol. The van der Waals surface area contributed by atoms with E-state index in [9.17, 15) is 18.0 Å². The predicted molar refractivity (Wildman–Crippen MR) is 137 cm³/mol. The summed E-state index contributed by atoms with van der Waals surface area (Å²) in [6, 6.07) is 9.39. The van der Waals surface area contributed by atoms with Gasteiger partial charge in [0.2, 0.25) is 0 Å². The van der Waals surface area contributed by atoms with Crippen molar-refractivity contribution in [3.63, 3.8) is 0 Å². The van der Waals surface area contributed by atoms with Crippen molar-refractivity contribution in [2.45, 2.75) is 52.0 Å². The Labute approximate surface area is 220 Å². The summed E-state index contributed by atoms with van der Waals surface area (Å²) in [5.41, 5.74) is 2.04. The van der Waals surface area contributed by atoms with Crippen molar-refractivity contribution >= 4 is 12.0 Å². The number of carbonyl (C=O) groups is 1. The van der Waals surface area contributed by atoms with Crippen LogP contribution >= 0.6 is 0 Å². The van der Waals surface area contributed by atoms with Crippen LogP contribution in [0.15, 0.2) is 53.6 Å². The highest BCUT2D eigenvalue weighted by Crippen LogP contribution is 2.39. The molecule has 2 aliphatic heterocycles. The zero-order valence-electron chi connectivity index (χ0n) is 21.5. The fourth-order valence-electron chi connectivity index (χ4n) is 4.23. The van der Waals surface area contributed by atoms with Gasteiger partial charge in [0.1, 0.15) is 30.5 Å². The third-order valence-corrected chi connectivity index (χ3v) is 6.33. The van der Waals surface area contributed by atoms with Crippen LogP contribution in [0.2, 0.25) is 0 Å². The number of rotatable bonds is 8. The molecule has 204 valence electrons. The Kier molecular flexibility index (Phi) is 8.66. The van der Waals surface area contributed by atoms with E-state index >= 15 is 0 Å². The van der Waals surface area contributed by atoms with E-state index in [1.165, 1.54) is 6.07 Å². The summed E-state index contributed by atoms with van der Waals surface area (Å²) in [5, 5.41) is 9.09. The Hall–Kier alpha value is -3.46. The average Bonchev–Trinajstić information content (AvgIpc) is 3.73. The molecule has 1 fully saturated rings. The number of hydrogen-bond acceptors (Lipinski definition) is 5. The molecule has 2 heterocycles. The number of carboxylic acid groups (broad SMARTS) is 1. The van der Waals surface area contributed by atoms with Crippen LogP contribution in [0.5, 0.6) is 17.2 Å². The number of alkyl halides is 3. The van der Waals surface area contributed by atoms with E-state index in [4.69, 9.17) is 19.3 Å². The van der Waals surface area contributed by atoms with Crippen LogP contribution in [0.4, 0.5) is 13.2 Å². The third-order valence-electron chi connectivity index (χ3n) is 6.33. The first-order chi connectivity index (χ1) is 18.2. The normalized spacial score (nSPS) is 17.2. The van der Waals surface area contributed by atoms with Crippen LogP contribution in [-0.4, -0.2) is 48.3 Å². The molecule has 9 heteroatoms. The second-order valence-electron chi connectivity index (χ2n) is 9.24. The summed E-state index contributed by atoms with van der Waals surface area (Å²) in [6.07, 6.45) is 1.24. The Morgan fingerprint density at radius 3 is 2.61 bits per heavy atom. The van der Waals surface area contributed by atoms with E-state index < -0.39 is 17.7 Å². The summed E-state index contributed by atoms with van der Waals surface area (Å²) >= 11 is 0. The molecule has 2 aromatic carbocycles. The molecule has 1 saturated carbocycles. The van der Waals surface area contributed by atoms with Gasteiger partial charge in [0.05, 0.1) is 11.7 Å². The number of fused-ring (bicyclic) bond motifs is 1. The summed E-state index contributed by atoms with van der Waals surface area (Å²) in [4.78, 5) is 13.2. The van der Waals surface area contributed by atoms with Crippen LogP contribution in [0, 0.1) is 0 Å². The molecule has 0 saturated heterocycles. The molecule has 6 nitrogen and oxygen atoms in total. The van der Waals surface area contributed by atoms with Gasteiger partial charge in [-0.15, -0.1) is 0 Å². The van der Waals surface area contributed by atoms with Crippen molar-refractivity contribution in [2.24, 2.45) is 0 Å². The van der Waals surface area contributed by atoms with Gasteiger partial charge in [-0.2, -0.15) is 13.2 Å². The molecule has 5 rings (SSSR count). The van der Waals surface area contributed by atoms with Gasteiger partial charge in [-0.25, -0.2) is 4.79 Å². The molecule has 0 radical (unpaired) electrons. The van der Waals surface area contributed by atoms with Crippen LogP contribution in [0.25, 0.3) is 6.08 Å². The second kappa shape index (κ2) is 11.9. The van der Waals surface area contributed by atoms with Gasteiger partial charge >= 0.3 is 12.1 Å². The summed E-state index contributed by atoms with van der Waals surface area (Å²) in [5.74, 6) is 0.149. The Balaban J connectivity index is 0.00000164. The Bertz CT molecular complexity index is 1220. The fraction of sp³-hybridized carbons (Fsp3) is 0.414. The molecule has 1 aliphatic carbocycles. The number of carboxylic acids is 1. The van der Waals surface area contributed by atoms with Gasteiger partial charge in [0.15, 0.2) is 0 Å².